The number of aromatic carboxylic acids is 1. The maximum atomic E-state index is 11.5. The fourth-order valence-corrected chi connectivity index (χ4v) is 2.29. The van der Waals surface area contributed by atoms with Crippen molar-refractivity contribution in [1.29, 1.82) is 0 Å². The van der Waals surface area contributed by atoms with E-state index in [2.05, 4.69) is 9.46 Å². The molecule has 0 aliphatic heterocycles. The Labute approximate surface area is 115 Å². The molecular weight excluding hydrogens is 290 g/mol. The van der Waals surface area contributed by atoms with Crippen LogP contribution in [0.2, 0.25) is 0 Å². The van der Waals surface area contributed by atoms with Crippen molar-refractivity contribution in [3.63, 3.8) is 0 Å². The Balaban J connectivity index is 2.64. The quantitative estimate of drug-likeness (QED) is 0.693. The standard InChI is InChI=1S/C11H15NO7S/c1-3-18-10(13)6-20(16,17)12-5-8-4-9(11(14)15)7(2)19-8/h4,12H,3,5-6H2,1-2H3,(H,14,15). The van der Waals surface area contributed by atoms with Gasteiger partial charge < -0.3 is 14.3 Å². The summed E-state index contributed by atoms with van der Waals surface area (Å²) < 4.78 is 34.8. The first-order valence-corrected chi connectivity index (χ1v) is 7.36. The maximum absolute atomic E-state index is 11.5. The third kappa shape index (κ3) is 4.67. The fourth-order valence-electron chi connectivity index (χ4n) is 1.43. The van der Waals surface area contributed by atoms with Gasteiger partial charge in [-0.15, -0.1) is 0 Å². The monoisotopic (exact) mass is 305 g/mol. The molecule has 0 amide bonds. The van der Waals surface area contributed by atoms with Crippen molar-refractivity contribution in [2.24, 2.45) is 0 Å². The highest BCUT2D eigenvalue weighted by Crippen LogP contribution is 2.14. The molecule has 0 spiro atoms. The van der Waals surface area contributed by atoms with Crippen LogP contribution in [-0.2, 0) is 26.1 Å². The van der Waals surface area contributed by atoms with Gasteiger partial charge in [0.25, 0.3) is 0 Å². The normalized spacial score (nSPS) is 11.3. The predicted octanol–water partition coefficient (Wildman–Crippen LogP) is 0.269. The lowest BCUT2D eigenvalue weighted by Crippen LogP contribution is -2.30. The number of hydrogen-bond donors (Lipinski definition) is 2. The number of aryl methyl sites for hydroxylation is 1. The van der Waals surface area contributed by atoms with Gasteiger partial charge >= 0.3 is 11.9 Å². The molecule has 0 unspecified atom stereocenters. The van der Waals surface area contributed by atoms with E-state index >= 15 is 0 Å². The van der Waals surface area contributed by atoms with Crippen molar-refractivity contribution < 1.29 is 32.3 Å². The lowest BCUT2D eigenvalue weighted by atomic mass is 10.2. The number of carbonyl (C=O) groups is 2. The topological polar surface area (TPSA) is 123 Å². The lowest BCUT2D eigenvalue weighted by molar-refractivity contribution is -0.139. The lowest BCUT2D eigenvalue weighted by Gasteiger charge is -2.04. The van der Waals surface area contributed by atoms with Gasteiger partial charge in [-0.2, -0.15) is 0 Å². The van der Waals surface area contributed by atoms with Gasteiger partial charge in [-0.1, -0.05) is 0 Å². The number of sulfonamides is 1. The third-order valence-corrected chi connectivity index (χ3v) is 3.48. The van der Waals surface area contributed by atoms with Crippen LogP contribution in [-0.4, -0.2) is 37.8 Å². The smallest absolute Gasteiger partial charge is 0.339 e. The minimum absolute atomic E-state index is 0.0374. The van der Waals surface area contributed by atoms with Crippen molar-refractivity contribution in [1.82, 2.24) is 4.72 Å². The average Bonchev–Trinajstić information content (AvgIpc) is 2.68. The van der Waals surface area contributed by atoms with E-state index in [0.29, 0.717) is 0 Å². The molecule has 112 valence electrons. The van der Waals surface area contributed by atoms with E-state index in [1.54, 1.807) is 6.92 Å². The number of carboxylic acid groups (broad SMARTS) is 1. The van der Waals surface area contributed by atoms with Gasteiger partial charge in [0.15, 0.2) is 5.75 Å². The molecule has 1 aromatic rings. The molecule has 0 fully saturated rings. The molecule has 2 N–H and O–H groups in total. The average molecular weight is 305 g/mol. The summed E-state index contributed by atoms with van der Waals surface area (Å²) in [6, 6.07) is 1.23. The molecule has 0 bridgehead atoms. The molecule has 0 radical (unpaired) electrons. The molecule has 1 rings (SSSR count). The van der Waals surface area contributed by atoms with Crippen LogP contribution in [0.15, 0.2) is 10.5 Å². The summed E-state index contributed by atoms with van der Waals surface area (Å²) in [5, 5.41) is 8.83. The molecule has 1 heterocycles. The van der Waals surface area contributed by atoms with Crippen molar-refractivity contribution in [2.75, 3.05) is 12.4 Å². The molecule has 0 aliphatic rings. The van der Waals surface area contributed by atoms with Gasteiger partial charge in [-0.25, -0.2) is 17.9 Å². The van der Waals surface area contributed by atoms with Crippen molar-refractivity contribution in [2.45, 2.75) is 20.4 Å². The zero-order chi connectivity index (χ0) is 15.3. The molecule has 0 atom stereocenters. The third-order valence-electron chi connectivity index (χ3n) is 2.28. The summed E-state index contributed by atoms with van der Waals surface area (Å²) in [6.45, 7) is 2.88. The largest absolute Gasteiger partial charge is 0.478 e. The molecule has 1 aromatic heterocycles. The number of rotatable bonds is 7. The van der Waals surface area contributed by atoms with Crippen molar-refractivity contribution in [3.8, 4) is 0 Å². The van der Waals surface area contributed by atoms with E-state index in [9.17, 15) is 18.0 Å². The minimum Gasteiger partial charge on any atom is -0.478 e. The van der Waals surface area contributed by atoms with Gasteiger partial charge in [-0.3, -0.25) is 4.79 Å². The van der Waals surface area contributed by atoms with E-state index in [4.69, 9.17) is 9.52 Å². The van der Waals surface area contributed by atoms with Crippen LogP contribution < -0.4 is 4.72 Å². The van der Waals surface area contributed by atoms with Crippen LogP contribution in [0.3, 0.4) is 0 Å². The summed E-state index contributed by atoms with van der Waals surface area (Å²) in [7, 11) is -3.86. The van der Waals surface area contributed by atoms with Gasteiger partial charge in [0.05, 0.1) is 13.2 Å². The van der Waals surface area contributed by atoms with Crippen LogP contribution in [0.1, 0.15) is 28.8 Å². The first-order chi connectivity index (χ1) is 9.25. The van der Waals surface area contributed by atoms with E-state index < -0.39 is 27.7 Å². The molecular formula is C11H15NO7S. The second-order valence-electron chi connectivity index (χ2n) is 3.87. The number of carboxylic acids is 1. The predicted molar refractivity (Wildman–Crippen MR) is 67.7 cm³/mol. The minimum atomic E-state index is -3.86. The summed E-state index contributed by atoms with van der Waals surface area (Å²) in [5.41, 5.74) is -0.0374. The summed E-state index contributed by atoms with van der Waals surface area (Å²) >= 11 is 0. The molecule has 20 heavy (non-hydrogen) atoms. The molecule has 0 saturated carbocycles. The van der Waals surface area contributed by atoms with Crippen molar-refractivity contribution >= 4 is 22.0 Å². The van der Waals surface area contributed by atoms with Crippen LogP contribution in [0, 0.1) is 6.92 Å². The van der Waals surface area contributed by atoms with Gasteiger partial charge in [-0.05, 0) is 19.9 Å². The maximum Gasteiger partial charge on any atom is 0.339 e. The number of nitrogens with one attached hydrogen (secondary N) is 1. The highest BCUT2D eigenvalue weighted by Gasteiger charge is 2.19. The number of hydrogen-bond acceptors (Lipinski definition) is 6. The zero-order valence-electron chi connectivity index (χ0n) is 11.0. The second kappa shape index (κ2) is 6.53. The Morgan fingerprint density at radius 1 is 1.45 bits per heavy atom. The van der Waals surface area contributed by atoms with Crippen LogP contribution in [0.5, 0.6) is 0 Å². The fraction of sp³-hybridized carbons (Fsp3) is 0.455. The number of carbonyl (C=O) groups excluding carboxylic acids is 1. The first-order valence-electron chi connectivity index (χ1n) is 5.70. The summed E-state index contributed by atoms with van der Waals surface area (Å²) in [4.78, 5) is 21.9. The Morgan fingerprint density at radius 2 is 2.10 bits per heavy atom. The van der Waals surface area contributed by atoms with E-state index in [1.807, 2.05) is 0 Å². The molecule has 8 nitrogen and oxygen atoms in total. The summed E-state index contributed by atoms with van der Waals surface area (Å²) in [5.74, 6) is -2.50. The SMILES string of the molecule is CCOC(=O)CS(=O)(=O)NCc1cc(C(=O)O)c(C)o1. The van der Waals surface area contributed by atoms with Crippen LogP contribution >= 0.6 is 0 Å². The Morgan fingerprint density at radius 3 is 2.60 bits per heavy atom. The highest BCUT2D eigenvalue weighted by atomic mass is 32.2. The van der Waals surface area contributed by atoms with E-state index in [-0.39, 0.29) is 30.2 Å². The second-order valence-corrected chi connectivity index (χ2v) is 5.68. The molecule has 9 heteroatoms. The number of ether oxygens (including phenoxy) is 1. The zero-order valence-corrected chi connectivity index (χ0v) is 11.8. The summed E-state index contributed by atoms with van der Waals surface area (Å²) in [6.07, 6.45) is 0. The van der Waals surface area contributed by atoms with Gasteiger partial charge in [0, 0.05) is 0 Å². The Kier molecular flexibility index (Phi) is 5.28. The number of esters is 1. The van der Waals surface area contributed by atoms with Gasteiger partial charge in [0.1, 0.15) is 17.1 Å². The number of furan rings is 1. The molecule has 0 aromatic carbocycles. The van der Waals surface area contributed by atoms with Crippen LogP contribution in [0.25, 0.3) is 0 Å². The first kappa shape index (κ1) is 16.2. The van der Waals surface area contributed by atoms with Crippen LogP contribution in [0.4, 0.5) is 0 Å². The Hall–Kier alpha value is -1.87. The highest BCUT2D eigenvalue weighted by molar-refractivity contribution is 7.90. The van der Waals surface area contributed by atoms with E-state index in [0.717, 1.165) is 0 Å². The van der Waals surface area contributed by atoms with Gasteiger partial charge in [0.2, 0.25) is 10.0 Å². The van der Waals surface area contributed by atoms with Crippen molar-refractivity contribution in [3.05, 3.63) is 23.2 Å². The van der Waals surface area contributed by atoms with E-state index in [1.165, 1.54) is 13.0 Å². The molecule has 0 aliphatic carbocycles. The Bertz CT molecular complexity index is 602. The molecule has 0 saturated heterocycles.